The summed E-state index contributed by atoms with van der Waals surface area (Å²) in [5, 5.41) is 59.0. The number of rotatable bonds is 3. The van der Waals surface area contributed by atoms with Gasteiger partial charge < -0.3 is 44.8 Å². The van der Waals surface area contributed by atoms with Crippen molar-refractivity contribution in [2.75, 3.05) is 6.61 Å². The quantitative estimate of drug-likeness (QED) is 0.320. The highest BCUT2D eigenvalue weighted by Crippen LogP contribution is 2.44. The van der Waals surface area contributed by atoms with Gasteiger partial charge in [-0.25, -0.2) is 0 Å². The maximum Gasteiger partial charge on any atom is 0.205 e. The van der Waals surface area contributed by atoms with Gasteiger partial charge in [0.2, 0.25) is 6.29 Å². The van der Waals surface area contributed by atoms with Crippen molar-refractivity contribution in [1.29, 1.82) is 0 Å². The first-order valence-electron chi connectivity index (χ1n) is 8.01. The lowest BCUT2D eigenvalue weighted by Crippen LogP contribution is -2.60. The van der Waals surface area contributed by atoms with Gasteiger partial charge >= 0.3 is 0 Å². The third-order valence-electron chi connectivity index (χ3n) is 5.28. The molecule has 138 valence electrons. The number of aliphatic hydroxyl groups excluding tert-OH is 6. The highest BCUT2D eigenvalue weighted by Gasteiger charge is 2.54. The molecule has 6 N–H and O–H groups in total. The van der Waals surface area contributed by atoms with E-state index in [9.17, 15) is 30.6 Å². The lowest BCUT2D eigenvalue weighted by molar-refractivity contribution is -0.342. The minimum Gasteiger partial charge on any atom is -0.472 e. The molecule has 3 aliphatic rings. The largest absolute Gasteiger partial charge is 0.472 e. The second-order valence-electron chi connectivity index (χ2n) is 6.66. The third-order valence-corrected chi connectivity index (χ3v) is 5.28. The topological polar surface area (TPSA) is 149 Å². The Hall–Kier alpha value is -0.780. The SMILES string of the molecule is C[C@@H]1[C@@H](O)[C@@H](O)[C@H]2C=CO[C@@H](O[C@@H]3O[C@H](CO)[C@@H](O)[C@H](O)[C@H]3O)[C@@H]12. The van der Waals surface area contributed by atoms with Gasteiger partial charge in [-0.3, -0.25) is 0 Å². The monoisotopic (exact) mass is 348 g/mol. The molecular formula is C15H24O9. The summed E-state index contributed by atoms with van der Waals surface area (Å²) in [4.78, 5) is 0. The molecule has 3 rings (SSSR count). The van der Waals surface area contributed by atoms with E-state index in [0.29, 0.717) is 0 Å². The Kier molecular flexibility index (Phi) is 5.14. The predicted octanol–water partition coefficient (Wildman–Crippen LogP) is -2.72. The molecule has 0 unspecified atom stereocenters. The second-order valence-corrected chi connectivity index (χ2v) is 6.66. The summed E-state index contributed by atoms with van der Waals surface area (Å²) in [5.41, 5.74) is 0. The van der Waals surface area contributed by atoms with E-state index in [1.165, 1.54) is 6.26 Å². The van der Waals surface area contributed by atoms with E-state index in [4.69, 9.17) is 14.2 Å². The number of aliphatic hydroxyl groups is 6. The van der Waals surface area contributed by atoms with Crippen LogP contribution in [0.3, 0.4) is 0 Å². The van der Waals surface area contributed by atoms with Crippen LogP contribution < -0.4 is 0 Å². The van der Waals surface area contributed by atoms with Gasteiger partial charge in [0.1, 0.15) is 24.4 Å². The molecule has 2 fully saturated rings. The summed E-state index contributed by atoms with van der Waals surface area (Å²) in [6.45, 7) is 1.20. The normalized spacial score (nSPS) is 54.4. The minimum atomic E-state index is -1.55. The van der Waals surface area contributed by atoms with Crippen LogP contribution in [-0.4, -0.2) is 86.4 Å². The van der Waals surface area contributed by atoms with E-state index in [-0.39, 0.29) is 17.8 Å². The minimum absolute atomic E-state index is 0.329. The standard InChI is InChI=1S/C15H24O9/c1-5-8-6(10(18)9(5)17)2-3-22-14(8)24-15-13(21)12(20)11(19)7(4-16)23-15/h2-3,5-21H,4H2,1H3/t5-,6-,7+,8-,9+,10-,11+,12-,13+,14-,15-/m0/s1. The Labute approximate surface area is 138 Å². The van der Waals surface area contributed by atoms with Crippen molar-refractivity contribution >= 4 is 0 Å². The molecule has 0 amide bonds. The molecule has 1 aliphatic carbocycles. The molecule has 0 aromatic heterocycles. The average molecular weight is 348 g/mol. The van der Waals surface area contributed by atoms with Crippen LogP contribution in [0.5, 0.6) is 0 Å². The maximum absolute atomic E-state index is 10.1. The summed E-state index contributed by atoms with van der Waals surface area (Å²) in [6, 6.07) is 0. The highest BCUT2D eigenvalue weighted by molar-refractivity contribution is 5.07. The second kappa shape index (κ2) is 6.85. The van der Waals surface area contributed by atoms with E-state index < -0.39 is 55.8 Å². The zero-order chi connectivity index (χ0) is 17.6. The Morgan fingerprint density at radius 3 is 2.29 bits per heavy atom. The fraction of sp³-hybridized carbons (Fsp3) is 0.867. The molecule has 0 bridgehead atoms. The van der Waals surface area contributed by atoms with Crippen LogP contribution in [-0.2, 0) is 14.2 Å². The molecule has 0 spiro atoms. The maximum atomic E-state index is 10.1. The smallest absolute Gasteiger partial charge is 0.205 e. The van der Waals surface area contributed by atoms with Crippen LogP contribution >= 0.6 is 0 Å². The average Bonchev–Trinajstić information content (AvgIpc) is 2.80. The van der Waals surface area contributed by atoms with Crippen LogP contribution in [0.2, 0.25) is 0 Å². The van der Waals surface area contributed by atoms with E-state index >= 15 is 0 Å². The highest BCUT2D eigenvalue weighted by atomic mass is 16.8. The number of hydrogen-bond donors (Lipinski definition) is 6. The van der Waals surface area contributed by atoms with Crippen LogP contribution in [0.1, 0.15) is 6.92 Å². The summed E-state index contributed by atoms with van der Waals surface area (Å²) in [7, 11) is 0. The van der Waals surface area contributed by atoms with E-state index in [0.717, 1.165) is 0 Å². The van der Waals surface area contributed by atoms with Gasteiger partial charge in [0.05, 0.1) is 25.1 Å². The molecule has 0 aromatic rings. The van der Waals surface area contributed by atoms with Gasteiger partial charge in [0.15, 0.2) is 6.29 Å². The lowest BCUT2D eigenvalue weighted by Gasteiger charge is -2.42. The van der Waals surface area contributed by atoms with Crippen LogP contribution in [0.4, 0.5) is 0 Å². The predicted molar refractivity (Wildman–Crippen MR) is 77.0 cm³/mol. The Bertz CT molecular complexity index is 470. The van der Waals surface area contributed by atoms with Gasteiger partial charge in [0, 0.05) is 11.8 Å². The molecule has 0 radical (unpaired) electrons. The lowest BCUT2D eigenvalue weighted by atomic mass is 9.88. The van der Waals surface area contributed by atoms with Crippen molar-refractivity contribution in [2.24, 2.45) is 17.8 Å². The molecule has 1 saturated heterocycles. The van der Waals surface area contributed by atoms with Crippen LogP contribution in [0, 0.1) is 17.8 Å². The van der Waals surface area contributed by atoms with Gasteiger partial charge in [-0.05, 0) is 12.0 Å². The molecule has 24 heavy (non-hydrogen) atoms. The molecule has 2 aliphatic heterocycles. The molecule has 9 heteroatoms. The van der Waals surface area contributed by atoms with Crippen molar-refractivity contribution < 1.29 is 44.8 Å². The zero-order valence-electron chi connectivity index (χ0n) is 13.1. The van der Waals surface area contributed by atoms with E-state index in [2.05, 4.69) is 0 Å². The van der Waals surface area contributed by atoms with Gasteiger partial charge in [-0.2, -0.15) is 0 Å². The van der Waals surface area contributed by atoms with Crippen molar-refractivity contribution in [3.8, 4) is 0 Å². The van der Waals surface area contributed by atoms with Crippen molar-refractivity contribution in [2.45, 2.75) is 56.1 Å². The first kappa shape index (κ1) is 18.0. The Balaban J connectivity index is 1.74. The van der Waals surface area contributed by atoms with Crippen LogP contribution in [0.15, 0.2) is 12.3 Å². The van der Waals surface area contributed by atoms with E-state index in [1.807, 2.05) is 0 Å². The third kappa shape index (κ3) is 2.85. The number of ether oxygens (including phenoxy) is 3. The number of fused-ring (bicyclic) bond motifs is 1. The van der Waals surface area contributed by atoms with Gasteiger partial charge in [-0.15, -0.1) is 0 Å². The Morgan fingerprint density at radius 2 is 1.62 bits per heavy atom. The Morgan fingerprint density at radius 1 is 0.917 bits per heavy atom. The molecular weight excluding hydrogens is 324 g/mol. The van der Waals surface area contributed by atoms with Crippen molar-refractivity contribution in [3.63, 3.8) is 0 Å². The first-order valence-corrected chi connectivity index (χ1v) is 8.01. The first-order chi connectivity index (χ1) is 11.4. The fourth-order valence-corrected chi connectivity index (χ4v) is 3.76. The number of hydrogen-bond acceptors (Lipinski definition) is 9. The van der Waals surface area contributed by atoms with Crippen molar-refractivity contribution in [1.82, 2.24) is 0 Å². The van der Waals surface area contributed by atoms with Crippen molar-refractivity contribution in [3.05, 3.63) is 12.3 Å². The molecule has 2 heterocycles. The fourth-order valence-electron chi connectivity index (χ4n) is 3.76. The summed E-state index contributed by atoms with van der Waals surface area (Å²) >= 11 is 0. The van der Waals surface area contributed by atoms with E-state index in [1.54, 1.807) is 13.0 Å². The van der Waals surface area contributed by atoms with Gasteiger partial charge in [0.25, 0.3) is 0 Å². The zero-order valence-corrected chi connectivity index (χ0v) is 13.1. The van der Waals surface area contributed by atoms with Gasteiger partial charge in [-0.1, -0.05) is 6.92 Å². The molecule has 0 aromatic carbocycles. The molecule has 1 saturated carbocycles. The summed E-state index contributed by atoms with van der Waals surface area (Å²) in [6.07, 6.45) is -6.80. The molecule has 11 atom stereocenters. The van der Waals surface area contributed by atoms with Crippen LogP contribution in [0.25, 0.3) is 0 Å². The summed E-state index contributed by atoms with van der Waals surface area (Å²) < 4.78 is 16.4. The molecule has 9 nitrogen and oxygen atoms in total. The summed E-state index contributed by atoms with van der Waals surface area (Å²) in [5.74, 6) is -1.09.